The molecule has 94 valence electrons. The molecule has 0 radical (unpaired) electrons. The minimum Gasteiger partial charge on any atom is -0.498 e. The lowest BCUT2D eigenvalue weighted by Gasteiger charge is -2.36. The zero-order valence-corrected chi connectivity index (χ0v) is 12.4. The summed E-state index contributed by atoms with van der Waals surface area (Å²) in [4.78, 5) is 0. The highest BCUT2D eigenvalue weighted by atomic mass is 28.4. The van der Waals surface area contributed by atoms with Crippen molar-refractivity contribution in [1.82, 2.24) is 0 Å². The van der Waals surface area contributed by atoms with Crippen LogP contribution in [-0.4, -0.2) is 21.5 Å². The third-order valence-corrected chi connectivity index (χ3v) is 8.15. The second-order valence-electron chi connectivity index (χ2n) is 6.02. The molecular weight excluding hydrogens is 216 g/mol. The first-order chi connectivity index (χ1) is 7.33. The molecule has 0 aromatic rings. The predicted octanol–water partition coefficient (Wildman–Crippen LogP) is 4.09. The maximum Gasteiger partial charge on any atom is 0.191 e. The second kappa shape index (κ2) is 5.37. The zero-order valence-electron chi connectivity index (χ0n) is 11.4. The molecule has 0 bridgehead atoms. The summed E-state index contributed by atoms with van der Waals surface area (Å²) in [5.74, 6) is 1.17. The van der Waals surface area contributed by atoms with Crippen molar-refractivity contribution in [2.45, 2.75) is 58.2 Å². The van der Waals surface area contributed by atoms with Crippen LogP contribution in [0.1, 0.15) is 40.0 Å². The first-order valence-electron chi connectivity index (χ1n) is 6.29. The molecular formula is C13H26O2Si. The molecule has 0 saturated carbocycles. The smallest absolute Gasteiger partial charge is 0.191 e. The highest BCUT2D eigenvalue weighted by Crippen LogP contribution is 2.36. The van der Waals surface area contributed by atoms with E-state index >= 15 is 0 Å². The van der Waals surface area contributed by atoms with E-state index in [4.69, 9.17) is 9.16 Å². The molecule has 3 heteroatoms. The van der Waals surface area contributed by atoms with E-state index < -0.39 is 8.32 Å². The summed E-state index contributed by atoms with van der Waals surface area (Å²) in [6.45, 7) is 13.2. The van der Waals surface area contributed by atoms with Gasteiger partial charge in [-0.1, -0.05) is 20.8 Å². The van der Waals surface area contributed by atoms with Crippen LogP contribution in [0.5, 0.6) is 0 Å². The minimum atomic E-state index is -1.54. The number of hydrogen-bond donors (Lipinski definition) is 0. The van der Waals surface area contributed by atoms with Gasteiger partial charge in [0.2, 0.25) is 0 Å². The van der Waals surface area contributed by atoms with Crippen LogP contribution in [0.4, 0.5) is 0 Å². The summed E-state index contributed by atoms with van der Waals surface area (Å²) in [6.07, 6.45) is 5.40. The topological polar surface area (TPSA) is 18.5 Å². The monoisotopic (exact) mass is 242 g/mol. The van der Waals surface area contributed by atoms with Crippen LogP contribution in [0.25, 0.3) is 0 Å². The van der Waals surface area contributed by atoms with Gasteiger partial charge in [0.25, 0.3) is 0 Å². The SMILES string of the molecule is CC(C)(C)[Si](C)(C)OCCCC1=CCCO1. The summed E-state index contributed by atoms with van der Waals surface area (Å²) < 4.78 is 11.6. The Balaban J connectivity index is 2.19. The molecule has 0 atom stereocenters. The van der Waals surface area contributed by atoms with Crippen molar-refractivity contribution >= 4 is 8.32 Å². The molecule has 0 aromatic heterocycles. The van der Waals surface area contributed by atoms with Gasteiger partial charge in [-0.05, 0) is 30.6 Å². The van der Waals surface area contributed by atoms with Gasteiger partial charge in [-0.25, -0.2) is 0 Å². The van der Waals surface area contributed by atoms with Crippen LogP contribution in [0.15, 0.2) is 11.8 Å². The van der Waals surface area contributed by atoms with Gasteiger partial charge in [0, 0.05) is 19.4 Å². The Morgan fingerprint density at radius 2 is 2.06 bits per heavy atom. The van der Waals surface area contributed by atoms with Gasteiger partial charge in [-0.2, -0.15) is 0 Å². The normalized spacial score (nSPS) is 17.2. The maximum atomic E-state index is 6.11. The second-order valence-corrected chi connectivity index (χ2v) is 10.8. The lowest BCUT2D eigenvalue weighted by Crippen LogP contribution is -2.40. The van der Waals surface area contributed by atoms with Crippen LogP contribution in [0, 0.1) is 0 Å². The molecule has 0 spiro atoms. The Kier molecular flexibility index (Phi) is 4.62. The van der Waals surface area contributed by atoms with E-state index in [0.29, 0.717) is 5.04 Å². The van der Waals surface area contributed by atoms with E-state index in [0.717, 1.165) is 32.5 Å². The number of ether oxygens (including phenoxy) is 1. The van der Waals surface area contributed by atoms with Gasteiger partial charge in [0.1, 0.15) is 0 Å². The summed E-state index contributed by atoms with van der Waals surface area (Å²) in [6, 6.07) is 0. The van der Waals surface area contributed by atoms with Crippen molar-refractivity contribution in [1.29, 1.82) is 0 Å². The van der Waals surface area contributed by atoms with E-state index in [1.807, 2.05) is 0 Å². The Hall–Kier alpha value is -0.283. The fourth-order valence-electron chi connectivity index (χ4n) is 1.43. The average molecular weight is 242 g/mol. The van der Waals surface area contributed by atoms with Crippen LogP contribution < -0.4 is 0 Å². The Bertz CT molecular complexity index is 251. The molecule has 0 N–H and O–H groups in total. The van der Waals surface area contributed by atoms with Crippen molar-refractivity contribution in [3.8, 4) is 0 Å². The highest BCUT2D eigenvalue weighted by molar-refractivity contribution is 6.74. The van der Waals surface area contributed by atoms with Crippen molar-refractivity contribution in [2.24, 2.45) is 0 Å². The number of rotatable bonds is 5. The molecule has 16 heavy (non-hydrogen) atoms. The van der Waals surface area contributed by atoms with Crippen LogP contribution in [-0.2, 0) is 9.16 Å². The molecule has 0 unspecified atom stereocenters. The van der Waals surface area contributed by atoms with Crippen LogP contribution in [0.3, 0.4) is 0 Å². The Morgan fingerprint density at radius 1 is 1.38 bits per heavy atom. The van der Waals surface area contributed by atoms with Gasteiger partial charge in [0.05, 0.1) is 12.4 Å². The quantitative estimate of drug-likeness (QED) is 0.534. The standard InChI is InChI=1S/C13H26O2Si/c1-13(2,3)16(4,5)15-11-7-9-12-8-6-10-14-12/h8H,6-7,9-11H2,1-5H3. The molecule has 1 rings (SSSR count). The number of hydrogen-bond acceptors (Lipinski definition) is 2. The van der Waals surface area contributed by atoms with Crippen molar-refractivity contribution < 1.29 is 9.16 Å². The fraction of sp³-hybridized carbons (Fsp3) is 0.846. The summed E-state index contributed by atoms with van der Waals surface area (Å²) in [5, 5.41) is 0.316. The molecule has 1 heterocycles. The van der Waals surface area contributed by atoms with Gasteiger partial charge in [-0.15, -0.1) is 0 Å². The lowest BCUT2D eigenvalue weighted by molar-refractivity contribution is 0.220. The van der Waals surface area contributed by atoms with E-state index in [9.17, 15) is 0 Å². The molecule has 0 amide bonds. The van der Waals surface area contributed by atoms with E-state index in [-0.39, 0.29) is 0 Å². The van der Waals surface area contributed by atoms with E-state index in [1.165, 1.54) is 5.76 Å². The minimum absolute atomic E-state index is 0.316. The third-order valence-electron chi connectivity index (χ3n) is 3.61. The van der Waals surface area contributed by atoms with Crippen LogP contribution >= 0.6 is 0 Å². The average Bonchev–Trinajstić information content (AvgIpc) is 2.63. The predicted molar refractivity (Wildman–Crippen MR) is 71.0 cm³/mol. The lowest BCUT2D eigenvalue weighted by atomic mass is 10.2. The largest absolute Gasteiger partial charge is 0.498 e. The molecule has 0 saturated heterocycles. The van der Waals surface area contributed by atoms with Crippen molar-refractivity contribution in [3.05, 3.63) is 11.8 Å². The highest BCUT2D eigenvalue weighted by Gasteiger charge is 2.36. The maximum absolute atomic E-state index is 6.11. The molecule has 0 aromatic carbocycles. The molecule has 0 fully saturated rings. The fourth-order valence-corrected chi connectivity index (χ4v) is 2.52. The van der Waals surface area contributed by atoms with Crippen LogP contribution in [0.2, 0.25) is 18.1 Å². The van der Waals surface area contributed by atoms with Gasteiger partial charge >= 0.3 is 0 Å². The number of allylic oxidation sites excluding steroid dienone is 1. The van der Waals surface area contributed by atoms with Gasteiger partial charge in [0.15, 0.2) is 8.32 Å². The molecule has 1 aliphatic rings. The first-order valence-corrected chi connectivity index (χ1v) is 9.19. The van der Waals surface area contributed by atoms with Crippen molar-refractivity contribution in [2.75, 3.05) is 13.2 Å². The Labute approximate surface area is 101 Å². The van der Waals surface area contributed by atoms with E-state index in [1.54, 1.807) is 0 Å². The molecule has 1 aliphatic heterocycles. The Morgan fingerprint density at radius 3 is 2.56 bits per heavy atom. The van der Waals surface area contributed by atoms with Crippen molar-refractivity contribution in [3.63, 3.8) is 0 Å². The summed E-state index contributed by atoms with van der Waals surface area (Å²) >= 11 is 0. The molecule has 0 aliphatic carbocycles. The summed E-state index contributed by atoms with van der Waals surface area (Å²) in [5.41, 5.74) is 0. The third kappa shape index (κ3) is 3.94. The molecule has 2 nitrogen and oxygen atoms in total. The summed E-state index contributed by atoms with van der Waals surface area (Å²) in [7, 11) is -1.54. The van der Waals surface area contributed by atoms with E-state index in [2.05, 4.69) is 39.9 Å². The first kappa shape index (κ1) is 13.8. The van der Waals surface area contributed by atoms with Gasteiger partial charge in [-0.3, -0.25) is 0 Å². The zero-order chi connectivity index (χ0) is 12.2. The van der Waals surface area contributed by atoms with Gasteiger partial charge < -0.3 is 9.16 Å².